The van der Waals surface area contributed by atoms with Crippen molar-refractivity contribution in [1.29, 1.82) is 0 Å². The first kappa shape index (κ1) is 29.7. The number of hydrogen-bond acceptors (Lipinski definition) is 1. The summed E-state index contributed by atoms with van der Waals surface area (Å²) in [5.74, 6) is 0. The molecule has 246 valence electrons. The summed E-state index contributed by atoms with van der Waals surface area (Å²) in [4.78, 5) is 0. The van der Waals surface area contributed by atoms with E-state index in [-0.39, 0.29) is 0 Å². The van der Waals surface area contributed by atoms with Crippen molar-refractivity contribution in [3.63, 3.8) is 0 Å². The lowest BCUT2D eigenvalue weighted by molar-refractivity contribution is 0.670. The average molecular weight is 673 g/mol. The van der Waals surface area contributed by atoms with Gasteiger partial charge in [0.2, 0.25) is 0 Å². The Morgan fingerprint density at radius 1 is 0.264 bits per heavy atom. The van der Waals surface area contributed by atoms with Gasteiger partial charge in [0, 0.05) is 16.3 Å². The first-order valence-corrected chi connectivity index (χ1v) is 18.3. The topological polar surface area (TPSA) is 13.1 Å². The van der Waals surface area contributed by atoms with E-state index in [2.05, 4.69) is 188 Å². The van der Waals surface area contributed by atoms with E-state index in [1.54, 1.807) is 0 Å². The Balaban J connectivity index is 1.13. The van der Waals surface area contributed by atoms with Crippen LogP contribution in [0.2, 0.25) is 0 Å². The van der Waals surface area contributed by atoms with Gasteiger partial charge in [0.15, 0.2) is 0 Å². The van der Waals surface area contributed by atoms with Crippen molar-refractivity contribution < 1.29 is 4.42 Å². The summed E-state index contributed by atoms with van der Waals surface area (Å²) in [5, 5.41) is 12.3. The molecule has 0 spiro atoms. The molecule has 0 unspecified atom stereocenters. The number of rotatable bonds is 4. The minimum Gasteiger partial charge on any atom is -0.455 e. The molecule has 0 aliphatic rings. The maximum Gasteiger partial charge on any atom is 0.143 e. The quantitative estimate of drug-likeness (QED) is 0.134. The lowest BCUT2D eigenvalue weighted by atomic mass is 9.84. The minimum absolute atomic E-state index is 0.913. The second-order valence-corrected chi connectivity index (χ2v) is 14.0. The van der Waals surface area contributed by atoms with Crippen LogP contribution in [0.5, 0.6) is 0 Å². The first-order chi connectivity index (χ1) is 26.3. The Kier molecular flexibility index (Phi) is 6.62. The predicted octanol–water partition coefficient (Wildman–Crippen LogP) is 14.9. The first-order valence-electron chi connectivity index (χ1n) is 18.3. The lowest BCUT2D eigenvalue weighted by Crippen LogP contribution is -1.92. The normalized spacial score (nSPS) is 11.8. The van der Waals surface area contributed by atoms with E-state index in [9.17, 15) is 0 Å². The van der Waals surface area contributed by atoms with Crippen LogP contribution >= 0.6 is 0 Å². The van der Waals surface area contributed by atoms with E-state index in [1.165, 1.54) is 76.5 Å². The van der Waals surface area contributed by atoms with E-state index in [4.69, 9.17) is 4.42 Å². The fourth-order valence-electron chi connectivity index (χ4n) is 8.70. The molecule has 0 N–H and O–H groups in total. The highest BCUT2D eigenvalue weighted by Gasteiger charge is 2.19. The smallest absolute Gasteiger partial charge is 0.143 e. The summed E-state index contributed by atoms with van der Waals surface area (Å²) in [7, 11) is 0. The molecular weight excluding hydrogens is 641 g/mol. The summed E-state index contributed by atoms with van der Waals surface area (Å²) < 4.78 is 6.48. The maximum atomic E-state index is 6.48. The van der Waals surface area contributed by atoms with E-state index < -0.39 is 0 Å². The molecule has 10 aromatic carbocycles. The molecule has 0 saturated heterocycles. The Morgan fingerprint density at radius 2 is 0.717 bits per heavy atom. The van der Waals surface area contributed by atoms with Crippen LogP contribution in [-0.4, -0.2) is 0 Å². The molecule has 0 aliphatic heterocycles. The van der Waals surface area contributed by atoms with Crippen LogP contribution in [0.1, 0.15) is 0 Å². The van der Waals surface area contributed by atoms with Crippen molar-refractivity contribution in [2.24, 2.45) is 0 Å². The average Bonchev–Trinajstić information content (AvgIpc) is 3.61. The van der Waals surface area contributed by atoms with Crippen LogP contribution in [0.15, 0.2) is 199 Å². The summed E-state index contributed by atoms with van der Waals surface area (Å²) in [5.41, 5.74) is 11.5. The zero-order chi connectivity index (χ0) is 34.9. The van der Waals surface area contributed by atoms with Gasteiger partial charge in [0.05, 0.1) is 0 Å². The van der Waals surface area contributed by atoms with Crippen molar-refractivity contribution in [2.45, 2.75) is 0 Å². The SMILES string of the molecule is c1cc(-c2c3ccccc3c(-c3cccc(-c4cccc5c4oc4ccccc45)c3)c3ccccc23)cc(-c2cc3ccccc3c3ccccc23)c1. The highest BCUT2D eigenvalue weighted by Crippen LogP contribution is 2.46. The third-order valence-corrected chi connectivity index (χ3v) is 11.0. The zero-order valence-electron chi connectivity index (χ0n) is 28.9. The fourth-order valence-corrected chi connectivity index (χ4v) is 8.70. The summed E-state index contributed by atoms with van der Waals surface area (Å²) in [6.45, 7) is 0. The molecule has 11 aromatic rings. The number of fused-ring (bicyclic) bond motifs is 8. The second kappa shape index (κ2) is 11.8. The van der Waals surface area contributed by atoms with Gasteiger partial charge in [-0.2, -0.15) is 0 Å². The van der Waals surface area contributed by atoms with Crippen molar-refractivity contribution in [1.82, 2.24) is 0 Å². The molecule has 0 fully saturated rings. The molecule has 0 saturated carbocycles. The predicted molar refractivity (Wildman–Crippen MR) is 225 cm³/mol. The third-order valence-electron chi connectivity index (χ3n) is 11.0. The van der Waals surface area contributed by atoms with Crippen LogP contribution in [-0.2, 0) is 0 Å². The Morgan fingerprint density at radius 3 is 1.36 bits per heavy atom. The molecule has 53 heavy (non-hydrogen) atoms. The molecule has 0 aliphatic carbocycles. The number of furan rings is 1. The fraction of sp³-hybridized carbons (Fsp3) is 0. The van der Waals surface area contributed by atoms with Crippen LogP contribution in [0.4, 0.5) is 0 Å². The lowest BCUT2D eigenvalue weighted by Gasteiger charge is -2.19. The molecule has 1 heterocycles. The van der Waals surface area contributed by atoms with Crippen molar-refractivity contribution >= 4 is 65.0 Å². The largest absolute Gasteiger partial charge is 0.455 e. The highest BCUT2D eigenvalue weighted by molar-refractivity contribution is 6.22. The highest BCUT2D eigenvalue weighted by atomic mass is 16.3. The van der Waals surface area contributed by atoms with Gasteiger partial charge in [-0.05, 0) is 106 Å². The van der Waals surface area contributed by atoms with Gasteiger partial charge in [-0.1, -0.05) is 170 Å². The number of benzene rings is 10. The van der Waals surface area contributed by atoms with Gasteiger partial charge in [-0.15, -0.1) is 0 Å². The Labute approximate surface area is 307 Å². The van der Waals surface area contributed by atoms with Gasteiger partial charge in [-0.3, -0.25) is 0 Å². The standard InChI is InChI=1S/C52H32O/c1-2-19-38-35(14-1)32-48(41-21-4-3-20-40(38)41)34-16-12-18-37(31-34)51-45-25-7-5-23-43(45)50(44-24-6-8-26-46(44)51)36-17-11-15-33(30-36)39-27-13-28-47-42-22-9-10-29-49(42)53-52(39)47/h1-32H. The molecule has 1 aromatic heterocycles. The summed E-state index contributed by atoms with van der Waals surface area (Å²) in [6, 6.07) is 70.6. The molecule has 11 rings (SSSR count). The molecule has 1 nitrogen and oxygen atoms in total. The van der Waals surface area contributed by atoms with E-state index in [0.717, 1.165) is 33.1 Å². The Hall–Kier alpha value is -6.96. The molecule has 0 radical (unpaired) electrons. The Bertz CT molecular complexity index is 3180. The van der Waals surface area contributed by atoms with Crippen LogP contribution in [0.25, 0.3) is 110 Å². The zero-order valence-corrected chi connectivity index (χ0v) is 28.9. The molecule has 0 amide bonds. The van der Waals surface area contributed by atoms with Gasteiger partial charge >= 0.3 is 0 Å². The van der Waals surface area contributed by atoms with Gasteiger partial charge in [-0.25, -0.2) is 0 Å². The second-order valence-electron chi connectivity index (χ2n) is 14.0. The van der Waals surface area contributed by atoms with E-state index in [1.807, 2.05) is 6.07 Å². The van der Waals surface area contributed by atoms with Gasteiger partial charge in [0.1, 0.15) is 11.2 Å². The number of hydrogen-bond donors (Lipinski definition) is 0. The van der Waals surface area contributed by atoms with Crippen LogP contribution in [0.3, 0.4) is 0 Å². The summed E-state index contributed by atoms with van der Waals surface area (Å²) >= 11 is 0. The van der Waals surface area contributed by atoms with Crippen LogP contribution in [0, 0.1) is 0 Å². The third kappa shape index (κ3) is 4.64. The van der Waals surface area contributed by atoms with Gasteiger partial charge in [0.25, 0.3) is 0 Å². The van der Waals surface area contributed by atoms with E-state index >= 15 is 0 Å². The molecule has 0 bridgehead atoms. The molecule has 1 heteroatoms. The minimum atomic E-state index is 0.913. The monoisotopic (exact) mass is 672 g/mol. The molecular formula is C52H32O. The summed E-state index contributed by atoms with van der Waals surface area (Å²) in [6.07, 6.45) is 0. The van der Waals surface area contributed by atoms with Gasteiger partial charge < -0.3 is 4.42 Å². The maximum absolute atomic E-state index is 6.48. The van der Waals surface area contributed by atoms with Crippen molar-refractivity contribution in [2.75, 3.05) is 0 Å². The van der Waals surface area contributed by atoms with Crippen LogP contribution < -0.4 is 0 Å². The van der Waals surface area contributed by atoms with Crippen molar-refractivity contribution in [3.05, 3.63) is 194 Å². The molecule has 0 atom stereocenters. The van der Waals surface area contributed by atoms with Crippen molar-refractivity contribution in [3.8, 4) is 44.5 Å². The number of para-hydroxylation sites is 2. The van der Waals surface area contributed by atoms with E-state index in [0.29, 0.717) is 0 Å².